The second-order valence-electron chi connectivity index (χ2n) is 9.12. The van der Waals surface area contributed by atoms with Gasteiger partial charge in [0.2, 0.25) is 5.91 Å². The van der Waals surface area contributed by atoms with Crippen LogP contribution in [0.3, 0.4) is 0 Å². The molecule has 0 aromatic heterocycles. The van der Waals surface area contributed by atoms with Crippen molar-refractivity contribution in [2.75, 3.05) is 10.6 Å². The fourth-order valence-corrected chi connectivity index (χ4v) is 4.03. The first kappa shape index (κ1) is 26.6. The normalized spacial score (nSPS) is 11.4. The summed E-state index contributed by atoms with van der Waals surface area (Å²) in [5.41, 5.74) is 4.87. The molecule has 188 valence electrons. The number of carbonyl (C=O) groups is 3. The van der Waals surface area contributed by atoms with Crippen molar-refractivity contribution in [3.63, 3.8) is 0 Å². The van der Waals surface area contributed by atoms with Crippen molar-refractivity contribution in [1.82, 2.24) is 10.3 Å². The van der Waals surface area contributed by atoms with Gasteiger partial charge in [-0.15, -0.1) is 4.83 Å². The third-order valence-corrected chi connectivity index (χ3v) is 6.47. The number of sulfonamides is 1. The molecule has 3 aromatic carbocycles. The Labute approximate surface area is 210 Å². The molecule has 9 nitrogen and oxygen atoms in total. The molecule has 3 rings (SSSR count). The van der Waals surface area contributed by atoms with Crippen molar-refractivity contribution in [2.24, 2.45) is 0 Å². The molecule has 4 N–H and O–H groups in total. The summed E-state index contributed by atoms with van der Waals surface area (Å²) in [6.45, 7) is 7.62. The Hall–Kier alpha value is -4.02. The highest BCUT2D eigenvalue weighted by Crippen LogP contribution is 2.22. The molecule has 3 aromatic rings. The zero-order valence-corrected chi connectivity index (χ0v) is 21.2. The lowest BCUT2D eigenvalue weighted by atomic mass is 9.87. The van der Waals surface area contributed by atoms with Gasteiger partial charge in [0.15, 0.2) is 0 Å². The monoisotopic (exact) mass is 508 g/mol. The first-order chi connectivity index (χ1) is 16.8. The average molecular weight is 509 g/mol. The van der Waals surface area contributed by atoms with Crippen LogP contribution < -0.4 is 20.9 Å². The topological polar surface area (TPSA) is 133 Å². The number of nitrogens with one attached hydrogen (secondary N) is 4. The Morgan fingerprint density at radius 2 is 1.14 bits per heavy atom. The number of hydrogen-bond donors (Lipinski definition) is 4. The summed E-state index contributed by atoms with van der Waals surface area (Å²) in [6.07, 6.45) is 0. The molecule has 0 spiro atoms. The molecule has 0 aliphatic carbocycles. The van der Waals surface area contributed by atoms with Gasteiger partial charge in [-0.25, -0.2) is 8.42 Å². The number of hydrogen-bond acceptors (Lipinski definition) is 5. The lowest BCUT2D eigenvalue weighted by Gasteiger charge is -2.19. The number of rotatable bonds is 7. The van der Waals surface area contributed by atoms with Crippen LogP contribution in [0.2, 0.25) is 0 Å². The molecular formula is C26H28N4O5S. The van der Waals surface area contributed by atoms with Crippen LogP contribution in [0.5, 0.6) is 0 Å². The van der Waals surface area contributed by atoms with Crippen LogP contribution in [-0.2, 0) is 20.2 Å². The standard InChI is InChI=1S/C26H28N4O5S/c1-17(31)27-21-13-15-23(16-14-21)36(34,35)30-29-25(33)19-7-11-22(12-8-19)28-24(32)18-5-9-20(10-6-18)26(2,3)4/h5-16,30H,1-4H3,(H,27,31)(H,28,32)(H,29,33). The fourth-order valence-electron chi connectivity index (χ4n) is 3.20. The van der Waals surface area contributed by atoms with Crippen LogP contribution in [0, 0.1) is 0 Å². The van der Waals surface area contributed by atoms with Crippen molar-refractivity contribution < 1.29 is 22.8 Å². The van der Waals surface area contributed by atoms with Crippen molar-refractivity contribution in [3.05, 3.63) is 89.5 Å². The maximum atomic E-state index is 12.5. The fraction of sp³-hybridized carbons (Fsp3) is 0.192. The third-order valence-electron chi connectivity index (χ3n) is 5.20. The Bertz CT molecular complexity index is 1360. The largest absolute Gasteiger partial charge is 0.326 e. The van der Waals surface area contributed by atoms with Crippen LogP contribution in [-0.4, -0.2) is 26.1 Å². The van der Waals surface area contributed by atoms with Crippen molar-refractivity contribution >= 4 is 39.1 Å². The number of amides is 3. The summed E-state index contributed by atoms with van der Waals surface area (Å²) in [5, 5.41) is 5.31. The number of hydrazine groups is 1. The Balaban J connectivity index is 1.58. The van der Waals surface area contributed by atoms with Gasteiger partial charge in [0, 0.05) is 29.4 Å². The summed E-state index contributed by atoms with van der Waals surface area (Å²) < 4.78 is 24.9. The van der Waals surface area contributed by atoms with Gasteiger partial charge in [-0.3, -0.25) is 19.8 Å². The van der Waals surface area contributed by atoms with Crippen LogP contribution in [0.25, 0.3) is 0 Å². The smallest absolute Gasteiger partial charge is 0.266 e. The molecule has 0 radical (unpaired) electrons. The molecule has 0 saturated carbocycles. The number of benzene rings is 3. The molecule has 0 heterocycles. The quantitative estimate of drug-likeness (QED) is 0.360. The van der Waals surface area contributed by atoms with E-state index in [1.807, 2.05) is 17.0 Å². The molecule has 0 saturated heterocycles. The maximum Gasteiger partial charge on any atom is 0.266 e. The summed E-state index contributed by atoms with van der Waals surface area (Å²) in [4.78, 5) is 37.9. The second-order valence-corrected chi connectivity index (χ2v) is 10.8. The third kappa shape index (κ3) is 7.00. The highest BCUT2D eigenvalue weighted by atomic mass is 32.2. The maximum absolute atomic E-state index is 12.5. The predicted octanol–water partition coefficient (Wildman–Crippen LogP) is 3.82. The van der Waals surface area contributed by atoms with Crippen molar-refractivity contribution in [2.45, 2.75) is 38.0 Å². The van der Waals surface area contributed by atoms with Gasteiger partial charge >= 0.3 is 0 Å². The van der Waals surface area contributed by atoms with Gasteiger partial charge in [-0.1, -0.05) is 32.9 Å². The summed E-state index contributed by atoms with van der Waals surface area (Å²) >= 11 is 0. The van der Waals surface area contributed by atoms with Crippen LogP contribution >= 0.6 is 0 Å². The number of carbonyl (C=O) groups excluding carboxylic acids is 3. The van der Waals surface area contributed by atoms with E-state index in [-0.39, 0.29) is 27.7 Å². The van der Waals surface area contributed by atoms with Crippen LogP contribution in [0.1, 0.15) is 54.0 Å². The molecule has 0 atom stereocenters. The minimum atomic E-state index is -4.03. The summed E-state index contributed by atoms with van der Waals surface area (Å²) in [6, 6.07) is 18.8. The van der Waals surface area contributed by atoms with Gasteiger partial charge in [0.25, 0.3) is 21.8 Å². The molecular weight excluding hydrogens is 480 g/mol. The van der Waals surface area contributed by atoms with Crippen molar-refractivity contribution in [1.29, 1.82) is 0 Å². The van der Waals surface area contributed by atoms with E-state index in [2.05, 4.69) is 36.8 Å². The summed E-state index contributed by atoms with van der Waals surface area (Å²) in [7, 11) is -4.03. The summed E-state index contributed by atoms with van der Waals surface area (Å²) in [5.74, 6) is -1.25. The molecule has 10 heteroatoms. The predicted molar refractivity (Wildman–Crippen MR) is 138 cm³/mol. The second kappa shape index (κ2) is 10.7. The Morgan fingerprint density at radius 3 is 1.67 bits per heavy atom. The Kier molecular flexibility index (Phi) is 7.91. The minimum Gasteiger partial charge on any atom is -0.326 e. The first-order valence-electron chi connectivity index (χ1n) is 11.1. The molecule has 0 unspecified atom stereocenters. The minimum absolute atomic E-state index is 0.0159. The van der Waals surface area contributed by atoms with E-state index >= 15 is 0 Å². The molecule has 0 bridgehead atoms. The average Bonchev–Trinajstić information content (AvgIpc) is 2.82. The van der Waals surface area contributed by atoms with E-state index in [1.54, 1.807) is 24.3 Å². The van der Waals surface area contributed by atoms with E-state index < -0.39 is 15.9 Å². The SMILES string of the molecule is CC(=O)Nc1ccc(S(=O)(=O)NNC(=O)c2ccc(NC(=O)c3ccc(C(C)(C)C)cc3)cc2)cc1. The highest BCUT2D eigenvalue weighted by molar-refractivity contribution is 7.89. The first-order valence-corrected chi connectivity index (χ1v) is 12.6. The molecule has 36 heavy (non-hydrogen) atoms. The van der Waals surface area contributed by atoms with Gasteiger partial charge in [-0.2, -0.15) is 0 Å². The molecule has 0 aliphatic heterocycles. The zero-order chi connectivity index (χ0) is 26.5. The van der Waals surface area contributed by atoms with Gasteiger partial charge in [0.05, 0.1) is 4.90 Å². The molecule has 0 aliphatic rings. The van der Waals surface area contributed by atoms with Crippen LogP contribution in [0.15, 0.2) is 77.7 Å². The van der Waals surface area contributed by atoms with E-state index in [1.165, 1.54) is 43.3 Å². The van der Waals surface area contributed by atoms with Crippen molar-refractivity contribution in [3.8, 4) is 0 Å². The molecule has 0 fully saturated rings. The van der Waals surface area contributed by atoms with E-state index in [4.69, 9.17) is 0 Å². The highest BCUT2D eigenvalue weighted by Gasteiger charge is 2.17. The van der Waals surface area contributed by atoms with Gasteiger partial charge < -0.3 is 10.6 Å². The Morgan fingerprint density at radius 1 is 0.667 bits per heavy atom. The van der Waals surface area contributed by atoms with E-state index in [0.29, 0.717) is 16.9 Å². The van der Waals surface area contributed by atoms with Gasteiger partial charge in [0.1, 0.15) is 0 Å². The van der Waals surface area contributed by atoms with Crippen LogP contribution in [0.4, 0.5) is 11.4 Å². The molecule has 3 amide bonds. The van der Waals surface area contributed by atoms with E-state index in [9.17, 15) is 22.8 Å². The lowest BCUT2D eigenvalue weighted by Crippen LogP contribution is -2.41. The van der Waals surface area contributed by atoms with Gasteiger partial charge in [-0.05, 0) is 71.6 Å². The zero-order valence-electron chi connectivity index (χ0n) is 20.4. The number of anilines is 2. The lowest BCUT2D eigenvalue weighted by molar-refractivity contribution is -0.114. The van der Waals surface area contributed by atoms with E-state index in [0.717, 1.165) is 5.56 Å².